The maximum atomic E-state index is 14.4. The molecule has 1 aromatic carbocycles. The highest BCUT2D eigenvalue weighted by Gasteiger charge is 2.54. The number of carbonyl (C=O) groups is 2. The minimum absolute atomic E-state index is 0.0813. The summed E-state index contributed by atoms with van der Waals surface area (Å²) in [7, 11) is -1.41. The van der Waals surface area contributed by atoms with Crippen LogP contribution in [0.15, 0.2) is 36.4 Å². The number of thiophene rings is 1. The van der Waals surface area contributed by atoms with Crippen molar-refractivity contribution in [3.8, 4) is 5.75 Å². The van der Waals surface area contributed by atoms with Crippen molar-refractivity contribution in [2.24, 2.45) is 5.92 Å². The molecule has 3 aromatic rings. The number of aromatic nitrogens is 3. The maximum absolute atomic E-state index is 14.4. The Balaban J connectivity index is 1.59. The van der Waals surface area contributed by atoms with Crippen LogP contribution in [0.5, 0.6) is 5.75 Å². The number of halogens is 4. The molecule has 11 nitrogen and oxygen atoms in total. The summed E-state index contributed by atoms with van der Waals surface area (Å²) < 4.78 is 78.0. The summed E-state index contributed by atoms with van der Waals surface area (Å²) in [5, 5.41) is 4.25. The molecule has 0 aliphatic carbocycles. The molecule has 0 saturated carbocycles. The van der Waals surface area contributed by atoms with Crippen molar-refractivity contribution in [3.63, 3.8) is 0 Å². The average Bonchev–Trinajstić information content (AvgIpc) is 3.73. The van der Waals surface area contributed by atoms with Crippen LogP contribution in [0.1, 0.15) is 46.2 Å². The lowest BCUT2D eigenvalue weighted by molar-refractivity contribution is -0.192. The summed E-state index contributed by atoms with van der Waals surface area (Å²) in [5.74, 6) is -6.08. The first-order valence-corrected chi connectivity index (χ1v) is 15.9. The van der Waals surface area contributed by atoms with Gasteiger partial charge in [-0.05, 0) is 37.1 Å². The predicted molar refractivity (Wildman–Crippen MR) is 153 cm³/mol. The molecule has 5 rings (SSSR count). The SMILES string of the molecule is COc1ccccc1C(=O)n1nc(C2CN(S(=O)(=O)N3CCCC3)C(=O)CC2C(F)(F)F)nc1N(C)Cc1ccc(Cl)s1. The lowest BCUT2D eigenvalue weighted by atomic mass is 9.85. The van der Waals surface area contributed by atoms with E-state index in [0.29, 0.717) is 21.5 Å². The van der Waals surface area contributed by atoms with Crippen LogP contribution >= 0.6 is 22.9 Å². The first kappa shape index (κ1) is 31.2. The van der Waals surface area contributed by atoms with Crippen molar-refractivity contribution in [3.05, 3.63) is 57.0 Å². The van der Waals surface area contributed by atoms with Gasteiger partial charge in [0.05, 0.1) is 35.4 Å². The second-order valence-corrected chi connectivity index (χ2v) is 13.9. The number of methoxy groups -OCH3 is 1. The van der Waals surface area contributed by atoms with E-state index in [2.05, 4.69) is 10.1 Å². The van der Waals surface area contributed by atoms with Gasteiger partial charge in [-0.3, -0.25) is 9.59 Å². The number of benzene rings is 1. The lowest BCUT2D eigenvalue weighted by Crippen LogP contribution is -2.53. The quantitative estimate of drug-likeness (QED) is 0.354. The van der Waals surface area contributed by atoms with Crippen LogP contribution in [0.4, 0.5) is 19.1 Å². The van der Waals surface area contributed by atoms with E-state index in [9.17, 15) is 31.2 Å². The minimum Gasteiger partial charge on any atom is -0.496 e. The first-order chi connectivity index (χ1) is 20.3. The predicted octanol–water partition coefficient (Wildman–Crippen LogP) is 4.16. The van der Waals surface area contributed by atoms with Crippen LogP contribution in [-0.4, -0.2) is 83.6 Å². The van der Waals surface area contributed by atoms with Gasteiger partial charge in [0.25, 0.3) is 5.91 Å². The van der Waals surface area contributed by atoms with E-state index in [4.69, 9.17) is 16.3 Å². The van der Waals surface area contributed by atoms with Crippen molar-refractivity contribution >= 4 is 50.9 Å². The summed E-state index contributed by atoms with van der Waals surface area (Å²) in [6.45, 7) is -0.294. The zero-order chi connectivity index (χ0) is 31.1. The highest BCUT2D eigenvalue weighted by atomic mass is 35.5. The zero-order valence-corrected chi connectivity index (χ0v) is 25.5. The van der Waals surface area contributed by atoms with Crippen LogP contribution in [0, 0.1) is 5.92 Å². The van der Waals surface area contributed by atoms with E-state index in [-0.39, 0.29) is 36.9 Å². The van der Waals surface area contributed by atoms with Gasteiger partial charge in [-0.15, -0.1) is 16.4 Å². The van der Waals surface area contributed by atoms with Gasteiger partial charge >= 0.3 is 16.4 Å². The number of carbonyl (C=O) groups excluding carboxylic acids is 2. The number of amides is 1. The van der Waals surface area contributed by atoms with Crippen LogP contribution in [0.2, 0.25) is 4.34 Å². The third kappa shape index (κ3) is 6.23. The van der Waals surface area contributed by atoms with Gasteiger partial charge in [-0.2, -0.15) is 35.6 Å². The maximum Gasteiger partial charge on any atom is 0.393 e. The van der Waals surface area contributed by atoms with E-state index < -0.39 is 58.8 Å². The molecule has 0 bridgehead atoms. The molecule has 2 atom stereocenters. The summed E-state index contributed by atoms with van der Waals surface area (Å²) in [6, 6.07) is 9.73. The van der Waals surface area contributed by atoms with Gasteiger partial charge < -0.3 is 9.64 Å². The van der Waals surface area contributed by atoms with Gasteiger partial charge in [0.1, 0.15) is 5.75 Å². The molecule has 0 spiro atoms. The number of ether oxygens (including phenoxy) is 1. The minimum atomic E-state index is -4.87. The summed E-state index contributed by atoms with van der Waals surface area (Å²) in [4.78, 5) is 33.3. The fraction of sp³-hybridized carbons (Fsp3) is 0.462. The number of hydrogen-bond donors (Lipinski definition) is 0. The van der Waals surface area contributed by atoms with Gasteiger partial charge in [-0.25, -0.2) is 4.31 Å². The van der Waals surface area contributed by atoms with Gasteiger partial charge in [0.15, 0.2) is 5.82 Å². The molecular weight excluding hydrogens is 633 g/mol. The smallest absolute Gasteiger partial charge is 0.393 e. The van der Waals surface area contributed by atoms with E-state index in [1.165, 1.54) is 29.4 Å². The Morgan fingerprint density at radius 3 is 2.51 bits per heavy atom. The fourth-order valence-corrected chi connectivity index (χ4v) is 8.08. The van der Waals surface area contributed by atoms with Gasteiger partial charge in [0, 0.05) is 38.0 Å². The number of anilines is 1. The molecule has 17 heteroatoms. The molecule has 2 aromatic heterocycles. The van der Waals surface area contributed by atoms with E-state index in [1.807, 2.05) is 0 Å². The second-order valence-electron chi connectivity index (χ2n) is 10.2. The second kappa shape index (κ2) is 12.1. The largest absolute Gasteiger partial charge is 0.496 e. The number of piperidine rings is 1. The normalized spacial score (nSPS) is 20.0. The molecule has 4 heterocycles. The van der Waals surface area contributed by atoms with Gasteiger partial charge in [-0.1, -0.05) is 23.7 Å². The number of nitrogens with zero attached hydrogens (tertiary/aromatic N) is 6. The summed E-state index contributed by atoms with van der Waals surface area (Å²) in [6.07, 6.45) is -4.81. The van der Waals surface area contributed by atoms with Crippen molar-refractivity contribution in [2.75, 3.05) is 38.7 Å². The molecule has 2 unspecified atom stereocenters. The molecule has 2 aliphatic heterocycles. The molecule has 2 saturated heterocycles. The monoisotopic (exact) mass is 660 g/mol. The Labute approximate surface area is 255 Å². The van der Waals surface area contributed by atoms with Crippen LogP contribution in [0.3, 0.4) is 0 Å². The number of rotatable bonds is 8. The van der Waals surface area contributed by atoms with Crippen molar-refractivity contribution < 1.29 is 35.9 Å². The molecule has 2 fully saturated rings. The number of alkyl halides is 3. The van der Waals surface area contributed by atoms with E-state index >= 15 is 0 Å². The Hall–Kier alpha value is -3.21. The Morgan fingerprint density at radius 2 is 1.88 bits per heavy atom. The third-order valence-corrected chi connectivity index (χ3v) is 10.6. The molecule has 2 aliphatic rings. The molecule has 43 heavy (non-hydrogen) atoms. The number of hydrogen-bond acceptors (Lipinski definition) is 9. The fourth-order valence-electron chi connectivity index (χ4n) is 5.26. The van der Waals surface area contributed by atoms with Crippen LogP contribution in [0.25, 0.3) is 0 Å². The molecule has 0 radical (unpaired) electrons. The molecule has 1 amide bonds. The lowest BCUT2D eigenvalue weighted by Gasteiger charge is -2.38. The first-order valence-electron chi connectivity index (χ1n) is 13.3. The van der Waals surface area contributed by atoms with Crippen molar-refractivity contribution in [1.82, 2.24) is 23.4 Å². The average molecular weight is 661 g/mol. The highest BCUT2D eigenvalue weighted by molar-refractivity contribution is 7.87. The van der Waals surface area contributed by atoms with Crippen LogP contribution < -0.4 is 9.64 Å². The van der Waals surface area contributed by atoms with Crippen molar-refractivity contribution in [2.45, 2.75) is 37.9 Å². The van der Waals surface area contributed by atoms with Crippen LogP contribution in [-0.2, 0) is 21.5 Å². The highest BCUT2D eigenvalue weighted by Crippen LogP contribution is 2.44. The molecule has 232 valence electrons. The standard InChI is InChI=1S/C26H28ClF3N6O5S2/c1-33(14-16-9-10-21(27)42-16)25-31-23(32-36(25)24(38)17-7-3-4-8-20(17)41-2)18-15-35(22(37)13-19(18)26(28,29)30)43(39,40)34-11-5-6-12-34/h3-4,7-10,18-19H,5-6,11-15H2,1-2H3. The number of para-hydroxylation sites is 1. The Bertz CT molecular complexity index is 1620. The van der Waals surface area contributed by atoms with E-state index in [1.54, 1.807) is 37.4 Å². The summed E-state index contributed by atoms with van der Waals surface area (Å²) >= 11 is 7.34. The van der Waals surface area contributed by atoms with E-state index in [0.717, 1.165) is 13.9 Å². The topological polar surface area (TPSA) is 118 Å². The van der Waals surface area contributed by atoms with Crippen molar-refractivity contribution in [1.29, 1.82) is 0 Å². The molecule has 0 N–H and O–H groups in total. The Kier molecular flexibility index (Phi) is 8.75. The third-order valence-electron chi connectivity index (χ3n) is 7.44. The molecular formula is C26H28ClF3N6O5S2. The van der Waals surface area contributed by atoms with Gasteiger partial charge in [0.2, 0.25) is 11.9 Å². The zero-order valence-electron chi connectivity index (χ0n) is 23.1. The summed E-state index contributed by atoms with van der Waals surface area (Å²) in [5.41, 5.74) is 0.0831. The Morgan fingerprint density at radius 1 is 1.19 bits per heavy atom.